The smallest absolute Gasteiger partial charge is 0.109 e. The first-order chi connectivity index (χ1) is 6.37. The summed E-state index contributed by atoms with van der Waals surface area (Å²) >= 11 is 0. The van der Waals surface area contributed by atoms with Gasteiger partial charge in [0.25, 0.3) is 0 Å². The van der Waals surface area contributed by atoms with E-state index < -0.39 is 0 Å². The van der Waals surface area contributed by atoms with Crippen LogP contribution in [0.3, 0.4) is 0 Å². The van der Waals surface area contributed by atoms with Gasteiger partial charge in [0.1, 0.15) is 7.28 Å². The normalized spacial score (nSPS) is 12.6. The highest BCUT2D eigenvalue weighted by Gasteiger charge is 2.19. The topological polar surface area (TPSA) is 3.24 Å². The molecule has 2 heteroatoms. The molecule has 0 rings (SSSR count). The van der Waals surface area contributed by atoms with Crippen molar-refractivity contribution in [1.82, 2.24) is 4.90 Å². The van der Waals surface area contributed by atoms with E-state index >= 15 is 0 Å². The minimum atomic E-state index is 0.430. The van der Waals surface area contributed by atoms with E-state index in [0.717, 1.165) is 5.92 Å². The zero-order valence-corrected chi connectivity index (χ0v) is 10.9. The largest absolute Gasteiger partial charge is 0.306 e. The van der Waals surface area contributed by atoms with Crippen LogP contribution in [0.1, 0.15) is 34.6 Å². The zero-order valence-electron chi connectivity index (χ0n) is 10.9. The van der Waals surface area contributed by atoms with Gasteiger partial charge in [-0.1, -0.05) is 47.3 Å². The van der Waals surface area contributed by atoms with E-state index in [9.17, 15) is 0 Å². The molecule has 0 spiro atoms. The van der Waals surface area contributed by atoms with Crippen molar-refractivity contribution in [3.05, 3.63) is 0 Å². The van der Waals surface area contributed by atoms with Crippen molar-refractivity contribution in [1.29, 1.82) is 0 Å². The van der Waals surface area contributed by atoms with E-state index in [1.807, 2.05) is 0 Å². The maximum Gasteiger partial charge on any atom is 0.109 e. The van der Waals surface area contributed by atoms with Crippen LogP contribution in [0.25, 0.3) is 0 Å². The van der Waals surface area contributed by atoms with E-state index in [1.165, 1.54) is 25.7 Å². The Morgan fingerprint density at radius 3 is 2.29 bits per heavy atom. The molecule has 0 unspecified atom stereocenters. The number of hydrogen-bond donors (Lipinski definition) is 0. The van der Waals surface area contributed by atoms with Crippen molar-refractivity contribution in [3.63, 3.8) is 0 Å². The SMILES string of the molecule is CC[B]CC(C)(C)CN(C)CC(C)C. The van der Waals surface area contributed by atoms with Crippen LogP contribution in [0.15, 0.2) is 0 Å². The van der Waals surface area contributed by atoms with Gasteiger partial charge in [0.15, 0.2) is 0 Å². The molecule has 0 bridgehead atoms. The van der Waals surface area contributed by atoms with Gasteiger partial charge in [-0.25, -0.2) is 0 Å². The lowest BCUT2D eigenvalue weighted by Crippen LogP contribution is -2.34. The molecule has 1 nitrogen and oxygen atoms in total. The zero-order chi connectivity index (χ0) is 11.2. The van der Waals surface area contributed by atoms with E-state index in [1.54, 1.807) is 0 Å². The molecule has 0 aliphatic heterocycles. The van der Waals surface area contributed by atoms with Crippen molar-refractivity contribution >= 4 is 7.28 Å². The fourth-order valence-corrected chi connectivity index (χ4v) is 2.02. The summed E-state index contributed by atoms with van der Waals surface area (Å²) in [7, 11) is 4.62. The minimum Gasteiger partial charge on any atom is -0.306 e. The third kappa shape index (κ3) is 7.43. The average molecular weight is 196 g/mol. The molecule has 0 aliphatic rings. The van der Waals surface area contributed by atoms with Crippen LogP contribution >= 0.6 is 0 Å². The standard InChI is InChI=1S/C12H27BN/c1-7-13-9-12(4,5)10-14(6)8-11(2)3/h11H,7-10H2,1-6H3. The maximum absolute atomic E-state index is 2.45. The molecule has 0 saturated heterocycles. The van der Waals surface area contributed by atoms with Crippen LogP contribution < -0.4 is 0 Å². The number of rotatable bonds is 7. The first kappa shape index (κ1) is 14.0. The molecule has 0 atom stereocenters. The Bertz CT molecular complexity index is 143. The van der Waals surface area contributed by atoms with Gasteiger partial charge < -0.3 is 4.90 Å². The molecule has 0 aliphatic carbocycles. The van der Waals surface area contributed by atoms with Gasteiger partial charge in [-0.3, -0.25) is 0 Å². The monoisotopic (exact) mass is 196 g/mol. The first-order valence-corrected chi connectivity index (χ1v) is 5.87. The highest BCUT2D eigenvalue weighted by molar-refractivity contribution is 6.35. The Kier molecular flexibility index (Phi) is 6.51. The van der Waals surface area contributed by atoms with Crippen LogP contribution in [-0.2, 0) is 0 Å². The molecule has 0 heterocycles. The predicted octanol–water partition coefficient (Wildman–Crippen LogP) is 3.16. The lowest BCUT2D eigenvalue weighted by Gasteiger charge is -2.31. The molecule has 0 amide bonds. The molecular formula is C12H27BN. The predicted molar refractivity (Wildman–Crippen MR) is 67.2 cm³/mol. The summed E-state index contributed by atoms with van der Waals surface area (Å²) in [6.45, 7) is 13.9. The van der Waals surface area contributed by atoms with Gasteiger partial charge in [-0.15, -0.1) is 0 Å². The van der Waals surface area contributed by atoms with E-state index in [-0.39, 0.29) is 0 Å². The summed E-state index contributed by atoms with van der Waals surface area (Å²) in [5, 5.41) is 0. The Labute approximate surface area is 91.5 Å². The van der Waals surface area contributed by atoms with Crippen molar-refractivity contribution in [2.45, 2.75) is 47.3 Å². The molecule has 83 valence electrons. The van der Waals surface area contributed by atoms with Crippen LogP contribution in [0, 0.1) is 11.3 Å². The summed E-state index contributed by atoms with van der Waals surface area (Å²) in [5.41, 5.74) is 0.430. The van der Waals surface area contributed by atoms with Gasteiger partial charge in [-0.05, 0) is 18.4 Å². The maximum atomic E-state index is 2.45. The van der Waals surface area contributed by atoms with Crippen LogP contribution in [-0.4, -0.2) is 32.3 Å². The van der Waals surface area contributed by atoms with Crippen molar-refractivity contribution in [2.75, 3.05) is 20.1 Å². The highest BCUT2D eigenvalue weighted by Crippen LogP contribution is 2.22. The Hall–Kier alpha value is 0.0249. The molecule has 0 saturated carbocycles. The van der Waals surface area contributed by atoms with Crippen molar-refractivity contribution in [2.24, 2.45) is 11.3 Å². The fourth-order valence-electron chi connectivity index (χ4n) is 2.02. The molecular weight excluding hydrogens is 169 g/mol. The van der Waals surface area contributed by atoms with Gasteiger partial charge in [-0.2, -0.15) is 0 Å². The van der Waals surface area contributed by atoms with Gasteiger partial charge in [0.2, 0.25) is 0 Å². The molecule has 0 aromatic rings. The van der Waals surface area contributed by atoms with Gasteiger partial charge >= 0.3 is 0 Å². The summed E-state index contributed by atoms with van der Waals surface area (Å²) in [4.78, 5) is 2.45. The molecule has 0 N–H and O–H groups in total. The summed E-state index contributed by atoms with van der Waals surface area (Å²) in [6, 6.07) is 0. The van der Waals surface area contributed by atoms with Crippen molar-refractivity contribution < 1.29 is 0 Å². The minimum absolute atomic E-state index is 0.430. The molecule has 0 aromatic carbocycles. The lowest BCUT2D eigenvalue weighted by atomic mass is 9.62. The van der Waals surface area contributed by atoms with Gasteiger partial charge in [0, 0.05) is 13.1 Å². The van der Waals surface area contributed by atoms with Crippen LogP contribution in [0.2, 0.25) is 12.6 Å². The Balaban J connectivity index is 3.82. The van der Waals surface area contributed by atoms with Gasteiger partial charge in [0.05, 0.1) is 0 Å². The second-order valence-corrected chi connectivity index (χ2v) is 5.66. The molecule has 1 radical (unpaired) electrons. The van der Waals surface area contributed by atoms with E-state index in [0.29, 0.717) is 5.41 Å². The van der Waals surface area contributed by atoms with Crippen molar-refractivity contribution in [3.8, 4) is 0 Å². The highest BCUT2D eigenvalue weighted by atomic mass is 15.1. The quantitative estimate of drug-likeness (QED) is 0.565. The number of hydrogen-bond acceptors (Lipinski definition) is 1. The number of nitrogens with zero attached hydrogens (tertiary/aromatic N) is 1. The molecule has 0 fully saturated rings. The summed E-state index contributed by atoms with van der Waals surface area (Å²) in [5.74, 6) is 0.769. The average Bonchev–Trinajstić information content (AvgIpc) is 1.98. The second-order valence-electron chi connectivity index (χ2n) is 5.66. The van der Waals surface area contributed by atoms with Crippen LogP contribution in [0.5, 0.6) is 0 Å². The lowest BCUT2D eigenvalue weighted by molar-refractivity contribution is 0.208. The molecule has 0 aromatic heterocycles. The third-order valence-corrected chi connectivity index (χ3v) is 2.36. The Morgan fingerprint density at radius 1 is 1.29 bits per heavy atom. The van der Waals surface area contributed by atoms with Crippen LogP contribution in [0.4, 0.5) is 0 Å². The van der Waals surface area contributed by atoms with E-state index in [2.05, 4.69) is 53.8 Å². The second kappa shape index (κ2) is 6.50. The molecule has 14 heavy (non-hydrogen) atoms. The first-order valence-electron chi connectivity index (χ1n) is 5.87. The van der Waals surface area contributed by atoms with E-state index in [4.69, 9.17) is 0 Å². The summed E-state index contributed by atoms with van der Waals surface area (Å²) < 4.78 is 0. The summed E-state index contributed by atoms with van der Waals surface area (Å²) in [6.07, 6.45) is 2.42. The Morgan fingerprint density at radius 2 is 1.86 bits per heavy atom. The third-order valence-electron chi connectivity index (χ3n) is 2.36. The fraction of sp³-hybridized carbons (Fsp3) is 1.00.